The Morgan fingerprint density at radius 1 is 1.10 bits per heavy atom. The largest absolute Gasteiger partial charge is 0.239 e. The van der Waals surface area contributed by atoms with Crippen molar-refractivity contribution in [3.05, 3.63) is 71.7 Å². The molecule has 0 amide bonds. The van der Waals surface area contributed by atoms with Crippen molar-refractivity contribution in [2.75, 3.05) is 0 Å². The highest BCUT2D eigenvalue weighted by molar-refractivity contribution is 5.64. The number of nitriles is 1. The Morgan fingerprint density at radius 3 is 2.62 bits per heavy atom. The van der Waals surface area contributed by atoms with Gasteiger partial charge in [0.1, 0.15) is 17.6 Å². The summed E-state index contributed by atoms with van der Waals surface area (Å²) in [6, 6.07) is 17.8. The molecule has 0 saturated carbocycles. The van der Waals surface area contributed by atoms with Crippen molar-refractivity contribution in [2.45, 2.75) is 6.54 Å². The predicted molar refractivity (Wildman–Crippen MR) is 75.7 cm³/mol. The Kier molecular flexibility index (Phi) is 3.44. The van der Waals surface area contributed by atoms with Gasteiger partial charge in [-0.15, -0.1) is 5.10 Å². The van der Waals surface area contributed by atoms with E-state index >= 15 is 0 Å². The summed E-state index contributed by atoms with van der Waals surface area (Å²) in [7, 11) is 0. The fourth-order valence-electron chi connectivity index (χ4n) is 2.19. The average molecular weight is 278 g/mol. The van der Waals surface area contributed by atoms with E-state index in [0.29, 0.717) is 12.2 Å². The van der Waals surface area contributed by atoms with Gasteiger partial charge >= 0.3 is 0 Å². The second kappa shape index (κ2) is 5.55. The zero-order valence-corrected chi connectivity index (χ0v) is 11.1. The van der Waals surface area contributed by atoms with Gasteiger partial charge in [-0.1, -0.05) is 47.7 Å². The van der Waals surface area contributed by atoms with E-state index in [0.717, 1.165) is 11.1 Å². The van der Waals surface area contributed by atoms with Crippen LogP contribution in [0, 0.1) is 17.1 Å². The zero-order chi connectivity index (χ0) is 14.7. The lowest BCUT2D eigenvalue weighted by molar-refractivity contribution is 0.615. The molecule has 0 unspecified atom stereocenters. The molecule has 0 radical (unpaired) electrons. The second-order valence-electron chi connectivity index (χ2n) is 4.55. The lowest BCUT2D eigenvalue weighted by Gasteiger charge is -2.07. The van der Waals surface area contributed by atoms with Crippen LogP contribution in [0.15, 0.2) is 54.6 Å². The maximum absolute atomic E-state index is 13.3. The van der Waals surface area contributed by atoms with Crippen LogP contribution in [0.5, 0.6) is 0 Å². The molecule has 0 spiro atoms. The summed E-state index contributed by atoms with van der Waals surface area (Å²) in [6.07, 6.45) is 0. The molecule has 0 fully saturated rings. The first-order valence-electron chi connectivity index (χ1n) is 6.41. The highest BCUT2D eigenvalue weighted by Gasteiger charge is 2.14. The molecule has 3 aromatic rings. The minimum Gasteiger partial charge on any atom is -0.239 e. The van der Waals surface area contributed by atoms with Crippen LogP contribution in [0.1, 0.15) is 11.3 Å². The van der Waals surface area contributed by atoms with Crippen molar-refractivity contribution < 1.29 is 4.39 Å². The Hall–Kier alpha value is -3.00. The molecular formula is C16H11FN4. The average Bonchev–Trinajstić information content (AvgIpc) is 2.91. The van der Waals surface area contributed by atoms with E-state index in [4.69, 9.17) is 0 Å². The van der Waals surface area contributed by atoms with Crippen LogP contribution in [0.4, 0.5) is 4.39 Å². The van der Waals surface area contributed by atoms with E-state index in [9.17, 15) is 9.65 Å². The first-order chi connectivity index (χ1) is 10.3. The van der Waals surface area contributed by atoms with Crippen LogP contribution in [-0.4, -0.2) is 15.0 Å². The van der Waals surface area contributed by atoms with Crippen LogP contribution < -0.4 is 0 Å². The summed E-state index contributed by atoms with van der Waals surface area (Å²) in [5.41, 5.74) is 2.52. The highest BCUT2D eigenvalue weighted by atomic mass is 19.1. The SMILES string of the molecule is N#Cc1nnn(Cc2cccc(F)c2)c1-c1ccccc1. The van der Waals surface area contributed by atoms with E-state index < -0.39 is 0 Å². The fraction of sp³-hybridized carbons (Fsp3) is 0.0625. The summed E-state index contributed by atoms with van der Waals surface area (Å²) >= 11 is 0. The third-order valence-corrected chi connectivity index (χ3v) is 3.11. The maximum Gasteiger partial charge on any atom is 0.190 e. The van der Waals surface area contributed by atoms with Gasteiger partial charge in [0.25, 0.3) is 0 Å². The fourth-order valence-corrected chi connectivity index (χ4v) is 2.19. The van der Waals surface area contributed by atoms with Gasteiger partial charge in [0.2, 0.25) is 0 Å². The van der Waals surface area contributed by atoms with Crippen molar-refractivity contribution in [1.82, 2.24) is 15.0 Å². The van der Waals surface area contributed by atoms with Crippen LogP contribution in [-0.2, 0) is 6.54 Å². The number of aromatic nitrogens is 3. The predicted octanol–water partition coefficient (Wildman–Crippen LogP) is 3.00. The normalized spacial score (nSPS) is 10.3. The van der Waals surface area contributed by atoms with E-state index in [1.165, 1.54) is 12.1 Å². The number of hydrogen-bond acceptors (Lipinski definition) is 3. The van der Waals surface area contributed by atoms with Crippen LogP contribution in [0.25, 0.3) is 11.3 Å². The van der Waals surface area contributed by atoms with E-state index in [1.54, 1.807) is 10.7 Å². The molecule has 1 aromatic heterocycles. The van der Waals surface area contributed by atoms with Gasteiger partial charge in [0.05, 0.1) is 6.54 Å². The van der Waals surface area contributed by atoms with Crippen molar-refractivity contribution in [3.63, 3.8) is 0 Å². The topological polar surface area (TPSA) is 54.5 Å². The third-order valence-electron chi connectivity index (χ3n) is 3.11. The molecule has 0 aliphatic heterocycles. The van der Waals surface area contributed by atoms with Gasteiger partial charge in [-0.05, 0) is 17.7 Å². The molecule has 21 heavy (non-hydrogen) atoms. The van der Waals surface area contributed by atoms with Gasteiger partial charge in [-0.25, -0.2) is 9.07 Å². The molecule has 4 nitrogen and oxygen atoms in total. The number of hydrogen-bond donors (Lipinski definition) is 0. The molecule has 5 heteroatoms. The minimum atomic E-state index is -0.297. The maximum atomic E-state index is 13.3. The monoisotopic (exact) mass is 278 g/mol. The van der Waals surface area contributed by atoms with Gasteiger partial charge in [0.15, 0.2) is 5.69 Å². The van der Waals surface area contributed by atoms with Gasteiger partial charge < -0.3 is 0 Å². The molecule has 102 valence electrons. The molecule has 0 aliphatic carbocycles. The Labute approximate surface area is 121 Å². The molecular weight excluding hydrogens is 267 g/mol. The Morgan fingerprint density at radius 2 is 1.90 bits per heavy atom. The highest BCUT2D eigenvalue weighted by Crippen LogP contribution is 2.22. The summed E-state index contributed by atoms with van der Waals surface area (Å²) in [5, 5.41) is 17.1. The first kappa shape index (κ1) is 13.0. The second-order valence-corrected chi connectivity index (χ2v) is 4.55. The van der Waals surface area contributed by atoms with E-state index in [-0.39, 0.29) is 11.5 Å². The molecule has 3 rings (SSSR count). The van der Waals surface area contributed by atoms with E-state index in [1.807, 2.05) is 42.5 Å². The molecule has 0 atom stereocenters. The summed E-state index contributed by atoms with van der Waals surface area (Å²) in [6.45, 7) is 0.358. The quantitative estimate of drug-likeness (QED) is 0.740. The van der Waals surface area contributed by atoms with Crippen LogP contribution >= 0.6 is 0 Å². The zero-order valence-electron chi connectivity index (χ0n) is 11.1. The van der Waals surface area contributed by atoms with Gasteiger partial charge in [0, 0.05) is 5.56 Å². The van der Waals surface area contributed by atoms with Gasteiger partial charge in [-0.2, -0.15) is 5.26 Å². The number of benzene rings is 2. The number of halogens is 1. The van der Waals surface area contributed by atoms with Crippen molar-refractivity contribution >= 4 is 0 Å². The lowest BCUT2D eigenvalue weighted by atomic mass is 10.1. The number of rotatable bonds is 3. The lowest BCUT2D eigenvalue weighted by Crippen LogP contribution is -2.04. The first-order valence-corrected chi connectivity index (χ1v) is 6.41. The van der Waals surface area contributed by atoms with Crippen molar-refractivity contribution in [3.8, 4) is 17.3 Å². The molecule has 0 aliphatic rings. The standard InChI is InChI=1S/C16H11FN4/c17-14-8-4-5-12(9-14)11-21-16(15(10-18)19-20-21)13-6-2-1-3-7-13/h1-9H,11H2. The van der Waals surface area contributed by atoms with Crippen molar-refractivity contribution in [1.29, 1.82) is 5.26 Å². The van der Waals surface area contributed by atoms with Gasteiger partial charge in [-0.3, -0.25) is 0 Å². The molecule has 1 heterocycles. The Balaban J connectivity index is 2.04. The minimum absolute atomic E-state index is 0.262. The smallest absolute Gasteiger partial charge is 0.190 e. The third kappa shape index (κ3) is 2.65. The molecule has 0 saturated heterocycles. The summed E-state index contributed by atoms with van der Waals surface area (Å²) < 4.78 is 14.9. The van der Waals surface area contributed by atoms with Crippen LogP contribution in [0.3, 0.4) is 0 Å². The van der Waals surface area contributed by atoms with E-state index in [2.05, 4.69) is 10.3 Å². The molecule has 0 bridgehead atoms. The molecule has 0 N–H and O–H groups in total. The van der Waals surface area contributed by atoms with Crippen molar-refractivity contribution in [2.24, 2.45) is 0 Å². The number of nitrogens with zero attached hydrogens (tertiary/aromatic N) is 4. The summed E-state index contributed by atoms with van der Waals surface area (Å²) in [5.74, 6) is -0.297. The summed E-state index contributed by atoms with van der Waals surface area (Å²) in [4.78, 5) is 0. The van der Waals surface area contributed by atoms with Crippen LogP contribution in [0.2, 0.25) is 0 Å². The molecule has 2 aromatic carbocycles. The Bertz CT molecular complexity index is 803.